The summed E-state index contributed by atoms with van der Waals surface area (Å²) in [5, 5.41) is 11.8. The molecule has 0 aromatic carbocycles. The molecule has 0 aliphatic rings. The van der Waals surface area contributed by atoms with Gasteiger partial charge in [0.25, 0.3) is 0 Å². The number of hydrogen-bond acceptors (Lipinski definition) is 4. The third-order valence-electron chi connectivity index (χ3n) is 1.41. The maximum atomic E-state index is 10.5. The molecule has 0 saturated heterocycles. The van der Waals surface area contributed by atoms with E-state index >= 15 is 0 Å². The Kier molecular flexibility index (Phi) is 2.44. The quantitative estimate of drug-likeness (QED) is 0.242. The molecule has 0 fully saturated rings. The molecule has 1 aromatic heterocycles. The number of amidine groups is 1. The molecule has 6 nitrogen and oxygen atoms in total. The van der Waals surface area contributed by atoms with Crippen LogP contribution in [-0.4, -0.2) is 21.9 Å². The first-order valence-electron chi connectivity index (χ1n) is 3.38. The second kappa shape index (κ2) is 3.53. The van der Waals surface area contributed by atoms with Gasteiger partial charge in [-0.3, -0.25) is 4.98 Å². The van der Waals surface area contributed by atoms with Gasteiger partial charge in [0, 0.05) is 6.20 Å². The fourth-order valence-electron chi connectivity index (χ4n) is 0.770. The van der Waals surface area contributed by atoms with Crippen LogP contribution in [0, 0.1) is 0 Å². The summed E-state index contributed by atoms with van der Waals surface area (Å²) in [6.07, 6.45) is 1.33. The van der Waals surface area contributed by atoms with E-state index in [0.717, 1.165) is 0 Å². The first kappa shape index (κ1) is 8.98. The van der Waals surface area contributed by atoms with Crippen molar-refractivity contribution in [2.24, 2.45) is 16.7 Å². The predicted octanol–water partition coefficient (Wildman–Crippen LogP) is -0.641. The van der Waals surface area contributed by atoms with Crippen LogP contribution < -0.4 is 11.6 Å². The van der Waals surface area contributed by atoms with Crippen molar-refractivity contribution in [2.75, 3.05) is 0 Å². The normalized spacial score (nSPS) is 11.2. The Morgan fingerprint density at radius 1 is 1.62 bits per heavy atom. The van der Waals surface area contributed by atoms with Crippen molar-refractivity contribution in [3.8, 4) is 0 Å². The number of rotatable bonds is 2. The van der Waals surface area contributed by atoms with E-state index in [-0.39, 0.29) is 17.1 Å². The van der Waals surface area contributed by atoms with Crippen LogP contribution >= 0.6 is 0 Å². The molecule has 0 saturated carbocycles. The third-order valence-corrected chi connectivity index (χ3v) is 1.41. The standard InChI is InChI=1S/C7H8N4O2/c8-6(11-9)5-3-4(7(12)13)1-2-10-5/h1-3H,9H2,(H2,8,11)(H,12,13). The molecule has 0 radical (unpaired) electrons. The first-order valence-corrected chi connectivity index (χ1v) is 3.38. The van der Waals surface area contributed by atoms with Crippen LogP contribution in [0.5, 0.6) is 0 Å². The molecule has 13 heavy (non-hydrogen) atoms. The van der Waals surface area contributed by atoms with E-state index < -0.39 is 5.97 Å². The van der Waals surface area contributed by atoms with Crippen molar-refractivity contribution in [1.82, 2.24) is 4.98 Å². The van der Waals surface area contributed by atoms with Crippen molar-refractivity contribution in [1.29, 1.82) is 0 Å². The zero-order chi connectivity index (χ0) is 9.84. The van der Waals surface area contributed by atoms with Gasteiger partial charge in [0.2, 0.25) is 0 Å². The molecule has 0 amide bonds. The van der Waals surface area contributed by atoms with E-state index in [2.05, 4.69) is 10.1 Å². The number of carboxylic acid groups (broad SMARTS) is 1. The van der Waals surface area contributed by atoms with Gasteiger partial charge in [-0.2, -0.15) is 5.10 Å². The molecule has 0 spiro atoms. The van der Waals surface area contributed by atoms with Gasteiger partial charge in [0.15, 0.2) is 5.84 Å². The molecule has 1 aromatic rings. The Balaban J connectivity index is 3.13. The molecule has 0 aliphatic carbocycles. The number of pyridine rings is 1. The van der Waals surface area contributed by atoms with Crippen molar-refractivity contribution in [2.45, 2.75) is 0 Å². The van der Waals surface area contributed by atoms with E-state index in [1.807, 2.05) is 0 Å². The molecule has 0 aliphatic heterocycles. The maximum absolute atomic E-state index is 10.5. The van der Waals surface area contributed by atoms with Gasteiger partial charge in [0.1, 0.15) is 5.69 Å². The molecule has 0 atom stereocenters. The fraction of sp³-hybridized carbons (Fsp3) is 0. The maximum Gasteiger partial charge on any atom is 0.335 e. The highest BCUT2D eigenvalue weighted by Crippen LogP contribution is 2.00. The average Bonchev–Trinajstić information content (AvgIpc) is 2.17. The van der Waals surface area contributed by atoms with E-state index in [0.29, 0.717) is 0 Å². The van der Waals surface area contributed by atoms with Crippen LogP contribution in [0.3, 0.4) is 0 Å². The van der Waals surface area contributed by atoms with Crippen LogP contribution in [0.1, 0.15) is 16.1 Å². The molecule has 1 rings (SSSR count). The van der Waals surface area contributed by atoms with Crippen LogP contribution in [0.4, 0.5) is 0 Å². The smallest absolute Gasteiger partial charge is 0.335 e. The van der Waals surface area contributed by atoms with Crippen molar-refractivity contribution in [3.63, 3.8) is 0 Å². The molecule has 68 valence electrons. The fourth-order valence-corrected chi connectivity index (χ4v) is 0.770. The highest BCUT2D eigenvalue weighted by molar-refractivity contribution is 5.97. The van der Waals surface area contributed by atoms with Crippen LogP contribution in [-0.2, 0) is 0 Å². The Morgan fingerprint density at radius 3 is 2.85 bits per heavy atom. The van der Waals surface area contributed by atoms with Gasteiger partial charge in [-0.1, -0.05) is 0 Å². The zero-order valence-electron chi connectivity index (χ0n) is 6.64. The minimum Gasteiger partial charge on any atom is -0.478 e. The summed E-state index contributed by atoms with van der Waals surface area (Å²) in [7, 11) is 0. The highest BCUT2D eigenvalue weighted by atomic mass is 16.4. The Morgan fingerprint density at radius 2 is 2.31 bits per heavy atom. The number of carbonyl (C=O) groups is 1. The van der Waals surface area contributed by atoms with Crippen LogP contribution in [0.2, 0.25) is 0 Å². The third kappa shape index (κ3) is 1.92. The number of nitrogens with two attached hydrogens (primary N) is 2. The van der Waals surface area contributed by atoms with Crippen molar-refractivity contribution in [3.05, 3.63) is 29.6 Å². The summed E-state index contributed by atoms with van der Waals surface area (Å²) in [6, 6.07) is 2.66. The predicted molar refractivity (Wildman–Crippen MR) is 46.1 cm³/mol. The van der Waals surface area contributed by atoms with Crippen molar-refractivity contribution < 1.29 is 9.90 Å². The molecular formula is C7H8N4O2. The van der Waals surface area contributed by atoms with Crippen molar-refractivity contribution >= 4 is 11.8 Å². The summed E-state index contributed by atoms with van der Waals surface area (Å²) < 4.78 is 0. The van der Waals surface area contributed by atoms with Gasteiger partial charge >= 0.3 is 5.97 Å². The van der Waals surface area contributed by atoms with Crippen LogP contribution in [0.25, 0.3) is 0 Å². The van der Waals surface area contributed by atoms with Gasteiger partial charge in [-0.25, -0.2) is 4.79 Å². The summed E-state index contributed by atoms with van der Waals surface area (Å²) in [5.41, 5.74) is 5.68. The first-order chi connectivity index (χ1) is 6.15. The van der Waals surface area contributed by atoms with E-state index in [4.69, 9.17) is 16.7 Å². The SMILES string of the molecule is NN=C(N)c1cc(C(=O)O)ccn1. The number of carboxylic acids is 1. The van der Waals surface area contributed by atoms with E-state index in [1.165, 1.54) is 18.3 Å². The lowest BCUT2D eigenvalue weighted by molar-refractivity contribution is 0.0696. The largest absolute Gasteiger partial charge is 0.478 e. The van der Waals surface area contributed by atoms with Gasteiger partial charge in [0.05, 0.1) is 5.56 Å². The van der Waals surface area contributed by atoms with Gasteiger partial charge in [-0.05, 0) is 12.1 Å². The summed E-state index contributed by atoms with van der Waals surface area (Å²) >= 11 is 0. The van der Waals surface area contributed by atoms with E-state index in [1.54, 1.807) is 0 Å². The lowest BCUT2D eigenvalue weighted by Crippen LogP contribution is -2.17. The van der Waals surface area contributed by atoms with Gasteiger partial charge < -0.3 is 16.7 Å². The summed E-state index contributed by atoms with van der Waals surface area (Å²) in [5.74, 6) is 3.86. The molecule has 6 heteroatoms. The number of aromatic nitrogens is 1. The summed E-state index contributed by atoms with van der Waals surface area (Å²) in [6.45, 7) is 0. The van der Waals surface area contributed by atoms with Gasteiger partial charge in [-0.15, -0.1) is 0 Å². The number of aromatic carboxylic acids is 1. The molecule has 1 heterocycles. The number of hydrazone groups is 1. The highest BCUT2D eigenvalue weighted by Gasteiger charge is 2.05. The number of hydrogen-bond donors (Lipinski definition) is 3. The minimum atomic E-state index is -1.05. The lowest BCUT2D eigenvalue weighted by Gasteiger charge is -1.98. The topological polar surface area (TPSA) is 115 Å². The monoisotopic (exact) mass is 180 g/mol. The lowest BCUT2D eigenvalue weighted by atomic mass is 10.2. The zero-order valence-corrected chi connectivity index (χ0v) is 6.64. The minimum absolute atomic E-state index is 0.00287. The molecule has 5 N–H and O–H groups in total. The Bertz CT molecular complexity index is 361. The second-order valence-electron chi connectivity index (χ2n) is 2.25. The summed E-state index contributed by atoms with van der Waals surface area (Å²) in [4.78, 5) is 14.3. The average molecular weight is 180 g/mol. The molecule has 0 bridgehead atoms. The second-order valence-corrected chi connectivity index (χ2v) is 2.25. The Hall–Kier alpha value is -2.11. The van der Waals surface area contributed by atoms with Crippen LogP contribution in [0.15, 0.2) is 23.4 Å². The molecular weight excluding hydrogens is 172 g/mol. The molecule has 0 unspecified atom stereocenters. The Labute approximate surface area is 73.9 Å². The number of nitrogens with zero attached hydrogens (tertiary/aromatic N) is 2. The van der Waals surface area contributed by atoms with E-state index in [9.17, 15) is 4.79 Å².